The summed E-state index contributed by atoms with van der Waals surface area (Å²) in [6.07, 6.45) is 0. The zero-order valence-electron chi connectivity index (χ0n) is 6.56. The lowest BCUT2D eigenvalue weighted by molar-refractivity contribution is 0.501. The highest BCUT2D eigenvalue weighted by molar-refractivity contribution is 5.57. The summed E-state index contributed by atoms with van der Waals surface area (Å²) in [5.74, 6) is -1.69. The number of hydrogen-bond acceptors (Lipinski definition) is 1. The average Bonchev–Trinajstić information content (AvgIpc) is 1.96. The number of aliphatic hydroxyl groups excluding tert-OH is 1. The minimum absolute atomic E-state index is 0.196. The fraction of sp³-hybridized carbons (Fsp3) is 0.111. The van der Waals surface area contributed by atoms with Gasteiger partial charge in [0.25, 0.3) is 0 Å². The summed E-state index contributed by atoms with van der Waals surface area (Å²) in [6, 6.07) is 1.94. The van der Waals surface area contributed by atoms with Gasteiger partial charge in [-0.3, -0.25) is 0 Å². The smallest absolute Gasteiger partial charge is 0.134 e. The van der Waals surface area contributed by atoms with E-state index < -0.39 is 17.4 Å². The molecule has 1 aromatic rings. The molecule has 0 spiro atoms. The quantitative estimate of drug-likeness (QED) is 0.642. The maximum absolute atomic E-state index is 12.9. The minimum Gasteiger partial charge on any atom is -0.508 e. The topological polar surface area (TPSA) is 20.2 Å². The third-order valence-electron chi connectivity index (χ3n) is 1.56. The largest absolute Gasteiger partial charge is 0.508 e. The van der Waals surface area contributed by atoms with Gasteiger partial charge in [-0.25, -0.2) is 8.78 Å². The van der Waals surface area contributed by atoms with E-state index in [1.165, 1.54) is 6.92 Å². The van der Waals surface area contributed by atoms with Crippen molar-refractivity contribution in [3.05, 3.63) is 41.5 Å². The molecule has 0 amide bonds. The van der Waals surface area contributed by atoms with Gasteiger partial charge in [-0.15, -0.1) is 0 Å². The van der Waals surface area contributed by atoms with Gasteiger partial charge in [0.2, 0.25) is 0 Å². The summed E-state index contributed by atoms with van der Waals surface area (Å²) in [7, 11) is 0. The standard InChI is InChI=1S/C9H8F2O/c1-5-3-9(11)7(6(2)12)4-8(5)10/h3-4,12H,2H2,1H3. The molecule has 3 heteroatoms. The average molecular weight is 170 g/mol. The van der Waals surface area contributed by atoms with Gasteiger partial charge in [-0.05, 0) is 24.6 Å². The molecule has 64 valence electrons. The predicted molar refractivity (Wildman–Crippen MR) is 42.8 cm³/mol. The van der Waals surface area contributed by atoms with Gasteiger partial charge in [0.15, 0.2) is 0 Å². The van der Waals surface area contributed by atoms with Crippen LogP contribution in [0.5, 0.6) is 0 Å². The first-order valence-electron chi connectivity index (χ1n) is 3.36. The Balaban J connectivity index is 3.33. The summed E-state index contributed by atoms with van der Waals surface area (Å²) in [5, 5.41) is 8.82. The van der Waals surface area contributed by atoms with Crippen molar-refractivity contribution in [2.45, 2.75) is 6.92 Å². The van der Waals surface area contributed by atoms with Gasteiger partial charge in [-0.2, -0.15) is 0 Å². The van der Waals surface area contributed by atoms with E-state index in [0.29, 0.717) is 0 Å². The van der Waals surface area contributed by atoms with Crippen molar-refractivity contribution >= 4 is 5.76 Å². The second-order valence-electron chi connectivity index (χ2n) is 2.53. The van der Waals surface area contributed by atoms with Gasteiger partial charge in [0.05, 0.1) is 5.56 Å². The lowest BCUT2D eigenvalue weighted by atomic mass is 10.1. The summed E-state index contributed by atoms with van der Waals surface area (Å²) in [6.45, 7) is 4.55. The molecule has 1 N–H and O–H groups in total. The molecular formula is C9H8F2O. The maximum atomic E-state index is 12.9. The molecule has 1 nitrogen and oxygen atoms in total. The lowest BCUT2D eigenvalue weighted by Gasteiger charge is -2.02. The summed E-state index contributed by atoms with van der Waals surface area (Å²) in [4.78, 5) is 0. The monoisotopic (exact) mass is 170 g/mol. The first kappa shape index (κ1) is 8.71. The Morgan fingerprint density at radius 2 is 1.92 bits per heavy atom. The van der Waals surface area contributed by atoms with Crippen molar-refractivity contribution < 1.29 is 13.9 Å². The summed E-state index contributed by atoms with van der Waals surface area (Å²) < 4.78 is 25.7. The van der Waals surface area contributed by atoms with Crippen LogP contribution in [0, 0.1) is 18.6 Å². The fourth-order valence-electron chi connectivity index (χ4n) is 0.867. The van der Waals surface area contributed by atoms with Crippen LogP contribution >= 0.6 is 0 Å². The summed E-state index contributed by atoms with van der Waals surface area (Å²) in [5.41, 5.74) is 0.00981. The van der Waals surface area contributed by atoms with Crippen molar-refractivity contribution in [1.82, 2.24) is 0 Å². The van der Waals surface area contributed by atoms with Gasteiger partial charge in [0.1, 0.15) is 17.4 Å². The molecule has 0 saturated heterocycles. The van der Waals surface area contributed by atoms with Gasteiger partial charge in [0, 0.05) is 0 Å². The molecule has 0 bridgehead atoms. The molecule has 0 unspecified atom stereocenters. The van der Waals surface area contributed by atoms with Crippen LogP contribution in [0.2, 0.25) is 0 Å². The Kier molecular flexibility index (Phi) is 2.13. The lowest BCUT2D eigenvalue weighted by Crippen LogP contribution is -1.92. The van der Waals surface area contributed by atoms with E-state index in [0.717, 1.165) is 12.1 Å². The van der Waals surface area contributed by atoms with E-state index >= 15 is 0 Å². The van der Waals surface area contributed by atoms with Gasteiger partial charge >= 0.3 is 0 Å². The van der Waals surface area contributed by atoms with Crippen LogP contribution in [-0.2, 0) is 0 Å². The first-order chi connectivity index (χ1) is 5.52. The Bertz CT molecular complexity index is 332. The van der Waals surface area contributed by atoms with Crippen LogP contribution in [0.1, 0.15) is 11.1 Å². The number of benzene rings is 1. The van der Waals surface area contributed by atoms with E-state index in [1.54, 1.807) is 0 Å². The van der Waals surface area contributed by atoms with Crippen LogP contribution in [0.25, 0.3) is 5.76 Å². The van der Waals surface area contributed by atoms with Crippen molar-refractivity contribution in [3.8, 4) is 0 Å². The summed E-state index contributed by atoms with van der Waals surface area (Å²) >= 11 is 0. The predicted octanol–water partition coefficient (Wildman–Crippen LogP) is 2.80. The number of aliphatic hydroxyl groups is 1. The van der Waals surface area contributed by atoms with Crippen molar-refractivity contribution in [2.24, 2.45) is 0 Å². The van der Waals surface area contributed by atoms with Gasteiger partial charge < -0.3 is 5.11 Å². The normalized spacial score (nSPS) is 9.92. The number of rotatable bonds is 1. The van der Waals surface area contributed by atoms with Gasteiger partial charge in [-0.1, -0.05) is 6.58 Å². The highest BCUT2D eigenvalue weighted by atomic mass is 19.1. The minimum atomic E-state index is -0.665. The van der Waals surface area contributed by atoms with Crippen LogP contribution in [0.3, 0.4) is 0 Å². The highest BCUT2D eigenvalue weighted by Gasteiger charge is 2.08. The molecule has 0 aliphatic rings. The molecule has 0 aliphatic carbocycles. The third-order valence-corrected chi connectivity index (χ3v) is 1.56. The molecule has 1 aromatic carbocycles. The van der Waals surface area contributed by atoms with Crippen molar-refractivity contribution in [3.63, 3.8) is 0 Å². The first-order valence-corrected chi connectivity index (χ1v) is 3.36. The van der Waals surface area contributed by atoms with Crippen LogP contribution < -0.4 is 0 Å². The van der Waals surface area contributed by atoms with E-state index in [1.807, 2.05) is 0 Å². The molecule has 0 heterocycles. The van der Waals surface area contributed by atoms with E-state index in [4.69, 9.17) is 5.11 Å². The van der Waals surface area contributed by atoms with Crippen molar-refractivity contribution in [1.29, 1.82) is 0 Å². The molecule has 0 atom stereocenters. The molecule has 0 aliphatic heterocycles. The molecule has 0 fully saturated rings. The third kappa shape index (κ3) is 1.44. The van der Waals surface area contributed by atoms with Crippen LogP contribution in [0.15, 0.2) is 18.7 Å². The number of hydrogen-bond donors (Lipinski definition) is 1. The maximum Gasteiger partial charge on any atom is 0.134 e. The Hall–Kier alpha value is -1.38. The molecule has 0 radical (unpaired) electrons. The second kappa shape index (κ2) is 2.93. The van der Waals surface area contributed by atoms with Crippen LogP contribution in [-0.4, -0.2) is 5.11 Å². The molecule has 0 aromatic heterocycles. The fourth-order valence-corrected chi connectivity index (χ4v) is 0.867. The van der Waals surface area contributed by atoms with E-state index in [2.05, 4.69) is 6.58 Å². The van der Waals surface area contributed by atoms with Crippen LogP contribution in [0.4, 0.5) is 8.78 Å². The highest BCUT2D eigenvalue weighted by Crippen LogP contribution is 2.18. The van der Waals surface area contributed by atoms with Crippen molar-refractivity contribution in [2.75, 3.05) is 0 Å². The zero-order valence-corrected chi connectivity index (χ0v) is 6.56. The molecule has 1 rings (SSSR count). The molecule has 12 heavy (non-hydrogen) atoms. The zero-order chi connectivity index (χ0) is 9.30. The number of aryl methyl sites for hydroxylation is 1. The Labute approximate surface area is 69.0 Å². The number of halogens is 2. The second-order valence-corrected chi connectivity index (χ2v) is 2.53. The molecule has 0 saturated carbocycles. The SMILES string of the molecule is C=C(O)c1cc(F)c(C)cc1F. The van der Waals surface area contributed by atoms with E-state index in [-0.39, 0.29) is 11.1 Å². The Morgan fingerprint density at radius 1 is 1.33 bits per heavy atom. The van der Waals surface area contributed by atoms with E-state index in [9.17, 15) is 8.78 Å². The molecular weight excluding hydrogens is 162 g/mol. The Morgan fingerprint density at radius 3 is 2.42 bits per heavy atom.